The fraction of sp³-hybridized carbons (Fsp3) is 0.938. The summed E-state index contributed by atoms with van der Waals surface area (Å²) in [5.41, 5.74) is 8.08. The van der Waals surface area contributed by atoms with Crippen molar-refractivity contribution in [2.75, 3.05) is 96.8 Å². The fourth-order valence-corrected chi connectivity index (χ4v) is 1.93. The van der Waals surface area contributed by atoms with E-state index >= 15 is 0 Å². The fourth-order valence-electron chi connectivity index (χ4n) is 1.66. The number of nitrogens with zero attached hydrogens (tertiary/aromatic N) is 3. The van der Waals surface area contributed by atoms with Gasteiger partial charge in [0, 0.05) is 18.0 Å². The van der Waals surface area contributed by atoms with Gasteiger partial charge in [0.15, 0.2) is 0 Å². The van der Waals surface area contributed by atoms with Gasteiger partial charge in [0.25, 0.3) is 0 Å². The van der Waals surface area contributed by atoms with Crippen LogP contribution in [0.15, 0.2) is 5.11 Å². The Morgan fingerprint density at radius 3 is 1.54 bits per heavy atom. The van der Waals surface area contributed by atoms with Crippen molar-refractivity contribution in [1.29, 1.82) is 0 Å². The highest BCUT2D eigenvalue weighted by Crippen LogP contribution is 1.85. The molecule has 0 atom stereocenters. The first kappa shape index (κ1) is 27.3. The lowest BCUT2D eigenvalue weighted by atomic mass is 10.6. The zero-order valence-corrected chi connectivity index (χ0v) is 18.3. The molecule has 0 aliphatic carbocycles. The topological polar surface area (TPSA) is 133 Å². The number of azide groups is 1. The van der Waals surface area contributed by atoms with Gasteiger partial charge < -0.3 is 33.7 Å². The molecule has 0 aromatic heterocycles. The van der Waals surface area contributed by atoms with Gasteiger partial charge in [-0.05, 0) is 5.53 Å². The summed E-state index contributed by atoms with van der Waals surface area (Å²) >= 11 is 2.01. The quantitative estimate of drug-likeness (QED) is 0.0564. The number of carbonyl (C=O) groups excluding carboxylic acids is 1. The van der Waals surface area contributed by atoms with E-state index in [1.807, 2.05) is 22.6 Å². The molecule has 0 bridgehead atoms. The van der Waals surface area contributed by atoms with Crippen LogP contribution in [0.5, 0.6) is 0 Å². The monoisotopic (exact) mass is 518 g/mol. The number of hydrogen-bond donors (Lipinski definition) is 1. The van der Waals surface area contributed by atoms with Gasteiger partial charge in [0.2, 0.25) is 5.91 Å². The molecule has 11 nitrogen and oxygen atoms in total. The molecular weight excluding hydrogens is 487 g/mol. The molecule has 0 saturated heterocycles. The van der Waals surface area contributed by atoms with Crippen LogP contribution in [0.3, 0.4) is 0 Å². The van der Waals surface area contributed by atoms with E-state index in [-0.39, 0.29) is 5.91 Å². The second-order valence-electron chi connectivity index (χ2n) is 5.11. The van der Waals surface area contributed by atoms with Crippen molar-refractivity contribution in [2.24, 2.45) is 5.11 Å². The zero-order chi connectivity index (χ0) is 20.5. The van der Waals surface area contributed by atoms with Crippen molar-refractivity contribution in [2.45, 2.75) is 0 Å². The van der Waals surface area contributed by atoms with Crippen LogP contribution < -0.4 is 5.32 Å². The highest BCUT2D eigenvalue weighted by Gasteiger charge is 1.96. The number of hydrogen-bond acceptors (Lipinski definition) is 8. The van der Waals surface area contributed by atoms with Crippen molar-refractivity contribution >= 4 is 28.5 Å². The molecule has 0 unspecified atom stereocenters. The molecule has 164 valence electrons. The minimum absolute atomic E-state index is 0.0130. The Balaban J connectivity index is 3.03. The Hall–Kier alpha value is -0.730. The smallest absolute Gasteiger partial charge is 0.229 e. The number of nitrogens with one attached hydrogen (secondary N) is 1. The summed E-state index contributed by atoms with van der Waals surface area (Å²) in [5.74, 6) is 0.0130. The van der Waals surface area contributed by atoms with E-state index in [1.165, 1.54) is 0 Å². The lowest BCUT2D eigenvalue weighted by Gasteiger charge is -2.08. The van der Waals surface area contributed by atoms with E-state index in [4.69, 9.17) is 34.0 Å². The van der Waals surface area contributed by atoms with Crippen LogP contribution in [0.4, 0.5) is 0 Å². The molecule has 0 saturated carbocycles. The van der Waals surface area contributed by atoms with E-state index in [0.717, 1.165) is 0 Å². The van der Waals surface area contributed by atoms with Crippen molar-refractivity contribution in [3.63, 3.8) is 0 Å². The molecule has 0 spiro atoms. The van der Waals surface area contributed by atoms with Crippen LogP contribution in [0.2, 0.25) is 0 Å². The van der Waals surface area contributed by atoms with Crippen LogP contribution >= 0.6 is 22.6 Å². The second-order valence-corrected chi connectivity index (χ2v) is 5.88. The summed E-state index contributed by atoms with van der Waals surface area (Å²) in [6.45, 7) is 6.63. The first-order valence-corrected chi connectivity index (χ1v) is 10.6. The normalized spacial score (nSPS) is 10.6. The van der Waals surface area contributed by atoms with Gasteiger partial charge in [-0.15, -0.1) is 0 Å². The van der Waals surface area contributed by atoms with E-state index in [9.17, 15) is 4.79 Å². The third-order valence-corrected chi connectivity index (χ3v) is 3.64. The Labute approximate surface area is 179 Å². The maximum atomic E-state index is 11.0. The van der Waals surface area contributed by atoms with Gasteiger partial charge in [0.1, 0.15) is 0 Å². The van der Waals surface area contributed by atoms with E-state index < -0.39 is 0 Å². The van der Waals surface area contributed by atoms with Gasteiger partial charge in [0.05, 0.1) is 83.7 Å². The Bertz CT molecular complexity index is 401. The van der Waals surface area contributed by atoms with E-state index in [0.29, 0.717) is 96.8 Å². The van der Waals surface area contributed by atoms with Crippen LogP contribution in [0, 0.1) is 0 Å². The average Bonchev–Trinajstić information content (AvgIpc) is 2.71. The largest absolute Gasteiger partial charge is 0.379 e. The Morgan fingerprint density at radius 2 is 1.14 bits per heavy atom. The lowest BCUT2D eigenvalue weighted by molar-refractivity contribution is -0.118. The van der Waals surface area contributed by atoms with Crippen LogP contribution in [-0.2, 0) is 33.2 Å². The molecule has 0 aromatic carbocycles. The molecule has 0 aromatic rings. The molecule has 0 rings (SSSR count). The van der Waals surface area contributed by atoms with Crippen LogP contribution in [0.25, 0.3) is 10.4 Å². The molecular formula is C16H31IN4O7. The van der Waals surface area contributed by atoms with Crippen molar-refractivity contribution in [3.05, 3.63) is 10.4 Å². The van der Waals surface area contributed by atoms with Gasteiger partial charge in [-0.3, -0.25) is 4.79 Å². The molecule has 1 amide bonds. The minimum atomic E-state index is 0.0130. The molecule has 12 heteroatoms. The second kappa shape index (κ2) is 24.3. The SMILES string of the molecule is [N-]=[N+]=NCCOCCOCCOCCOCCOCCOCCNC(=O)CI. The van der Waals surface area contributed by atoms with Crippen molar-refractivity contribution in [1.82, 2.24) is 5.32 Å². The molecule has 0 aliphatic rings. The number of rotatable bonds is 22. The number of alkyl halides is 1. The van der Waals surface area contributed by atoms with Gasteiger partial charge in [-0.1, -0.05) is 27.7 Å². The number of ether oxygens (including phenoxy) is 6. The number of amides is 1. The van der Waals surface area contributed by atoms with Crippen molar-refractivity contribution in [3.8, 4) is 0 Å². The summed E-state index contributed by atoms with van der Waals surface area (Å²) in [7, 11) is 0. The van der Waals surface area contributed by atoms with Gasteiger partial charge in [-0.25, -0.2) is 0 Å². The summed E-state index contributed by atoms with van der Waals surface area (Å²) in [5, 5.41) is 6.08. The first-order chi connectivity index (χ1) is 13.8. The van der Waals surface area contributed by atoms with Gasteiger partial charge in [-0.2, -0.15) is 0 Å². The average molecular weight is 518 g/mol. The standard InChI is InChI=1S/C16H31IN4O7/c17-15-16(22)19-1-3-23-5-7-25-9-11-27-13-14-28-12-10-26-8-6-24-4-2-20-21-18/h1-15H2,(H,19,22). The molecule has 0 heterocycles. The molecule has 1 N–H and O–H groups in total. The van der Waals surface area contributed by atoms with E-state index in [1.54, 1.807) is 0 Å². The molecule has 28 heavy (non-hydrogen) atoms. The maximum absolute atomic E-state index is 11.0. The minimum Gasteiger partial charge on any atom is -0.379 e. The summed E-state index contributed by atoms with van der Waals surface area (Å²) in [4.78, 5) is 13.6. The summed E-state index contributed by atoms with van der Waals surface area (Å²) in [6.07, 6.45) is 0. The van der Waals surface area contributed by atoms with Crippen molar-refractivity contribution < 1.29 is 33.2 Å². The Kier molecular flexibility index (Phi) is 23.7. The predicted octanol–water partition coefficient (Wildman–Crippen LogP) is 0.948. The van der Waals surface area contributed by atoms with Gasteiger partial charge >= 0.3 is 0 Å². The summed E-state index contributed by atoms with van der Waals surface area (Å²) < 4.78 is 32.4. The predicted molar refractivity (Wildman–Crippen MR) is 111 cm³/mol. The molecule has 0 radical (unpaired) electrons. The lowest BCUT2D eigenvalue weighted by Crippen LogP contribution is -2.28. The number of halogens is 1. The summed E-state index contributed by atoms with van der Waals surface area (Å²) in [6, 6.07) is 0. The Morgan fingerprint density at radius 1 is 0.750 bits per heavy atom. The number of carbonyl (C=O) groups is 1. The molecule has 0 aliphatic heterocycles. The third kappa shape index (κ3) is 23.3. The van der Waals surface area contributed by atoms with Crippen LogP contribution in [-0.4, -0.2) is 103 Å². The molecule has 0 fully saturated rings. The maximum Gasteiger partial charge on any atom is 0.229 e. The highest BCUT2D eigenvalue weighted by atomic mass is 127. The zero-order valence-electron chi connectivity index (χ0n) is 16.2. The first-order valence-electron chi connectivity index (χ1n) is 9.11. The highest BCUT2D eigenvalue weighted by molar-refractivity contribution is 14.1. The third-order valence-electron chi connectivity index (χ3n) is 2.95. The van der Waals surface area contributed by atoms with Crippen LogP contribution in [0.1, 0.15) is 0 Å². The van der Waals surface area contributed by atoms with E-state index in [2.05, 4.69) is 15.3 Å².